The molecule has 1 saturated heterocycles. The normalized spacial score (nSPS) is 26.9. The number of carbonyl (C=O) groups is 2. The van der Waals surface area contributed by atoms with E-state index in [0.29, 0.717) is 18.6 Å². The van der Waals surface area contributed by atoms with Crippen LogP contribution in [0.25, 0.3) is 0 Å². The van der Waals surface area contributed by atoms with E-state index >= 15 is 0 Å². The molecule has 1 spiro atoms. The molecule has 0 saturated carbocycles. The Balaban J connectivity index is 1.47. The van der Waals surface area contributed by atoms with E-state index in [-0.39, 0.29) is 41.5 Å². The number of thioether (sulfide) groups is 1. The van der Waals surface area contributed by atoms with Gasteiger partial charge in [-0.25, -0.2) is 4.79 Å². The van der Waals surface area contributed by atoms with E-state index in [1.807, 2.05) is 20.8 Å². The van der Waals surface area contributed by atoms with Crippen LogP contribution in [0.4, 0.5) is 0 Å². The Morgan fingerprint density at radius 3 is 2.60 bits per heavy atom. The van der Waals surface area contributed by atoms with Crippen LogP contribution < -0.4 is 9.47 Å². The van der Waals surface area contributed by atoms with Crippen molar-refractivity contribution in [1.82, 2.24) is 4.90 Å². The molecule has 5 rings (SSSR count). The first-order valence-corrected chi connectivity index (χ1v) is 15.4. The first-order chi connectivity index (χ1) is 18.8. The largest absolute Gasteiger partial charge is 0.455 e. The Labute approximate surface area is 241 Å². The smallest absolute Gasteiger partial charge is 0.339 e. The zero-order valence-electron chi connectivity index (χ0n) is 24.3. The van der Waals surface area contributed by atoms with Gasteiger partial charge in [-0.05, 0) is 94.7 Å². The molecule has 0 amide bonds. The quantitative estimate of drug-likeness (QED) is 0.326. The Hall–Kier alpha value is -2.07. The SMILES string of the molecule is CC1=CC23CCCN2CCc2cc4c(cc2[C@@H]3C1OC(=O)C(O)(CCCC(C)(C)O)CC(=O)SC(C)C)OCO4. The summed E-state index contributed by atoms with van der Waals surface area (Å²) in [4.78, 5) is 29.3. The Kier molecular flexibility index (Phi) is 8.07. The highest BCUT2D eigenvalue weighted by molar-refractivity contribution is 8.14. The molecule has 1 fully saturated rings. The minimum atomic E-state index is -1.97. The molecule has 1 aromatic rings. The summed E-state index contributed by atoms with van der Waals surface area (Å²) in [5.41, 5.74) is 0.0138. The second-order valence-corrected chi connectivity index (χ2v) is 14.5. The van der Waals surface area contributed by atoms with Crippen LogP contribution in [0, 0.1) is 0 Å². The number of hydrogen-bond donors (Lipinski definition) is 2. The van der Waals surface area contributed by atoms with Crippen molar-refractivity contribution in [3.63, 3.8) is 0 Å². The molecule has 3 heterocycles. The lowest BCUT2D eigenvalue weighted by Crippen LogP contribution is -2.49. The fourth-order valence-electron chi connectivity index (χ4n) is 7.05. The second kappa shape index (κ2) is 11.0. The van der Waals surface area contributed by atoms with Gasteiger partial charge in [0.2, 0.25) is 6.79 Å². The molecule has 220 valence electrons. The second-order valence-electron chi connectivity index (χ2n) is 12.8. The predicted octanol–water partition coefficient (Wildman–Crippen LogP) is 4.49. The molecule has 0 radical (unpaired) electrons. The van der Waals surface area contributed by atoms with Crippen LogP contribution in [-0.4, -0.2) is 74.2 Å². The fraction of sp³-hybridized carbons (Fsp3) is 0.677. The summed E-state index contributed by atoms with van der Waals surface area (Å²) in [6.07, 6.45) is 5.03. The standard InChI is InChI=1S/C31H43NO7S/c1-19(2)40-25(33)17-31(36,11-6-9-29(4,5)35)28(34)39-27-20(3)16-30-10-7-12-32(30)13-8-21-14-23-24(38-18-37-23)15-22(21)26(27)30/h14-16,19,26-27,35-36H,6-13,17-18H2,1-5H3/t26-,27?,30?,31?/m1/s1. The Morgan fingerprint density at radius 1 is 1.18 bits per heavy atom. The monoisotopic (exact) mass is 573 g/mol. The van der Waals surface area contributed by atoms with E-state index in [1.54, 1.807) is 13.8 Å². The lowest BCUT2D eigenvalue weighted by molar-refractivity contribution is -0.173. The van der Waals surface area contributed by atoms with Crippen molar-refractivity contribution in [3.8, 4) is 11.5 Å². The maximum atomic E-state index is 13.9. The molecule has 8 nitrogen and oxygen atoms in total. The third-order valence-corrected chi connectivity index (χ3v) is 9.66. The topological polar surface area (TPSA) is 106 Å². The number of rotatable bonds is 9. The van der Waals surface area contributed by atoms with Gasteiger partial charge < -0.3 is 24.4 Å². The Bertz CT molecular complexity index is 1190. The maximum absolute atomic E-state index is 13.9. The molecular formula is C31H43NO7S. The van der Waals surface area contributed by atoms with Crippen LogP contribution in [0.3, 0.4) is 0 Å². The number of carbonyl (C=O) groups excluding carboxylic acids is 2. The molecule has 3 unspecified atom stereocenters. The van der Waals surface area contributed by atoms with E-state index in [1.165, 1.54) is 0 Å². The van der Waals surface area contributed by atoms with E-state index in [0.717, 1.165) is 66.6 Å². The van der Waals surface area contributed by atoms with Gasteiger partial charge in [-0.3, -0.25) is 9.69 Å². The van der Waals surface area contributed by atoms with Gasteiger partial charge in [0, 0.05) is 17.7 Å². The van der Waals surface area contributed by atoms with Crippen molar-refractivity contribution in [2.75, 3.05) is 19.9 Å². The summed E-state index contributed by atoms with van der Waals surface area (Å²) in [6, 6.07) is 4.12. The Morgan fingerprint density at radius 2 is 1.90 bits per heavy atom. The van der Waals surface area contributed by atoms with Crippen molar-refractivity contribution >= 4 is 22.8 Å². The molecule has 9 heteroatoms. The fourth-order valence-corrected chi connectivity index (χ4v) is 7.89. The number of benzene rings is 1. The van der Waals surface area contributed by atoms with Crippen molar-refractivity contribution in [2.45, 2.75) is 114 Å². The van der Waals surface area contributed by atoms with Gasteiger partial charge in [-0.2, -0.15) is 0 Å². The average molecular weight is 574 g/mol. The number of esters is 1. The highest BCUT2D eigenvalue weighted by atomic mass is 32.2. The molecule has 4 aliphatic rings. The van der Waals surface area contributed by atoms with E-state index in [2.05, 4.69) is 23.1 Å². The van der Waals surface area contributed by atoms with Gasteiger partial charge in [-0.15, -0.1) is 0 Å². The van der Waals surface area contributed by atoms with Gasteiger partial charge in [0.25, 0.3) is 0 Å². The lowest BCUT2D eigenvalue weighted by Gasteiger charge is -2.40. The predicted molar refractivity (Wildman–Crippen MR) is 154 cm³/mol. The van der Waals surface area contributed by atoms with Crippen molar-refractivity contribution in [1.29, 1.82) is 0 Å². The number of aliphatic hydroxyl groups is 2. The molecule has 2 N–H and O–H groups in total. The molecular weight excluding hydrogens is 530 g/mol. The van der Waals surface area contributed by atoms with Gasteiger partial charge in [0.15, 0.2) is 22.2 Å². The summed E-state index contributed by atoms with van der Waals surface area (Å²) in [7, 11) is 0. The average Bonchev–Trinajstić information content (AvgIpc) is 3.51. The molecule has 1 aliphatic carbocycles. The molecule has 4 atom stereocenters. The highest BCUT2D eigenvalue weighted by Gasteiger charge is 2.57. The first-order valence-electron chi connectivity index (χ1n) is 14.5. The van der Waals surface area contributed by atoms with Gasteiger partial charge in [0.05, 0.1) is 17.6 Å². The zero-order chi connectivity index (χ0) is 28.9. The molecule has 40 heavy (non-hydrogen) atoms. The summed E-state index contributed by atoms with van der Waals surface area (Å²) >= 11 is 1.12. The van der Waals surface area contributed by atoms with Gasteiger partial charge in [-0.1, -0.05) is 31.7 Å². The first kappa shape index (κ1) is 29.4. The minimum absolute atomic E-state index is 0.0346. The third kappa shape index (κ3) is 5.67. The zero-order valence-corrected chi connectivity index (χ0v) is 25.1. The van der Waals surface area contributed by atoms with E-state index in [9.17, 15) is 19.8 Å². The lowest BCUT2D eigenvalue weighted by atomic mass is 9.77. The minimum Gasteiger partial charge on any atom is -0.455 e. The molecule has 0 bridgehead atoms. The van der Waals surface area contributed by atoms with Crippen LogP contribution in [0.2, 0.25) is 0 Å². The third-order valence-electron chi connectivity index (χ3n) is 8.78. The summed E-state index contributed by atoms with van der Waals surface area (Å²) in [5, 5.41) is 21.7. The van der Waals surface area contributed by atoms with E-state index in [4.69, 9.17) is 14.2 Å². The number of fused-ring (bicyclic) bond motifs is 3. The van der Waals surface area contributed by atoms with Crippen LogP contribution in [0.1, 0.15) is 90.2 Å². The number of ether oxygens (including phenoxy) is 3. The highest BCUT2D eigenvalue weighted by Crippen LogP contribution is 2.55. The van der Waals surface area contributed by atoms with Crippen LogP contribution >= 0.6 is 11.8 Å². The van der Waals surface area contributed by atoms with Crippen LogP contribution in [-0.2, 0) is 20.7 Å². The maximum Gasteiger partial charge on any atom is 0.339 e. The summed E-state index contributed by atoms with van der Waals surface area (Å²) in [6.45, 7) is 11.3. The molecule has 1 aromatic carbocycles. The van der Waals surface area contributed by atoms with Gasteiger partial charge >= 0.3 is 5.97 Å². The molecule has 3 aliphatic heterocycles. The van der Waals surface area contributed by atoms with Crippen LogP contribution in [0.15, 0.2) is 23.8 Å². The van der Waals surface area contributed by atoms with Crippen molar-refractivity contribution < 1.29 is 34.0 Å². The van der Waals surface area contributed by atoms with E-state index < -0.39 is 23.3 Å². The van der Waals surface area contributed by atoms with Crippen molar-refractivity contribution in [3.05, 3.63) is 34.9 Å². The number of hydrogen-bond acceptors (Lipinski definition) is 9. The molecule has 0 aromatic heterocycles. The summed E-state index contributed by atoms with van der Waals surface area (Å²) in [5.74, 6) is 0.516. The summed E-state index contributed by atoms with van der Waals surface area (Å²) < 4.78 is 17.7. The van der Waals surface area contributed by atoms with Crippen LogP contribution in [0.5, 0.6) is 11.5 Å². The number of nitrogens with zero attached hydrogens (tertiary/aromatic N) is 1. The van der Waals surface area contributed by atoms with Gasteiger partial charge in [0.1, 0.15) is 6.10 Å². The van der Waals surface area contributed by atoms with Crippen molar-refractivity contribution in [2.24, 2.45) is 0 Å².